The van der Waals surface area contributed by atoms with Crippen LogP contribution in [-0.2, 0) is 28.8 Å². The van der Waals surface area contributed by atoms with Crippen molar-refractivity contribution >= 4 is 29.1 Å². The Morgan fingerprint density at radius 1 is 0.682 bits per heavy atom. The Hall–Kier alpha value is -1.89. The summed E-state index contributed by atoms with van der Waals surface area (Å²) in [4.78, 5) is 60.2. The normalized spacial score (nSPS) is 10.1. The van der Waals surface area contributed by atoms with Gasteiger partial charge in [-0.05, 0) is 6.42 Å². The summed E-state index contributed by atoms with van der Waals surface area (Å²) in [6.07, 6.45) is 1.20. The average molecular weight is 313 g/mol. The Bertz CT molecular complexity index is 430. The smallest absolute Gasteiger partial charge is 0.331 e. The molecule has 0 bridgehead atoms. The van der Waals surface area contributed by atoms with Crippen LogP contribution in [0.15, 0.2) is 0 Å². The Balaban J connectivity index is 3.80. The van der Waals surface area contributed by atoms with E-state index < -0.39 is 18.2 Å². The maximum atomic E-state index is 11.5. The largest absolute Gasteiger partial charge is 0.373 e. The number of hydrogen-bond acceptors (Lipinski definition) is 7. The minimum Gasteiger partial charge on any atom is -0.373 e. The predicted molar refractivity (Wildman–Crippen MR) is 77.5 cm³/mol. The Morgan fingerprint density at radius 2 is 1.05 bits per heavy atom. The van der Waals surface area contributed by atoms with E-state index in [1.54, 1.807) is 0 Å². The molecule has 0 atom stereocenters. The molecule has 0 unspecified atom stereocenters. The average Bonchev–Trinajstić information content (AvgIpc) is 2.48. The first-order chi connectivity index (χ1) is 10.4. The molecule has 0 aliphatic carbocycles. The first-order valence-electron chi connectivity index (χ1n) is 7.35. The topological polar surface area (TPSA) is 121 Å². The molecule has 7 nitrogen and oxygen atoms in total. The van der Waals surface area contributed by atoms with Crippen molar-refractivity contribution in [1.82, 2.24) is 0 Å². The molecule has 124 valence electrons. The van der Waals surface area contributed by atoms with Crippen LogP contribution in [0, 0.1) is 0 Å². The monoisotopic (exact) mass is 313 g/mol. The van der Waals surface area contributed by atoms with Crippen LogP contribution in [-0.4, -0.2) is 29.1 Å². The van der Waals surface area contributed by atoms with Crippen molar-refractivity contribution < 1.29 is 28.8 Å². The van der Waals surface area contributed by atoms with Crippen LogP contribution < -0.4 is 5.90 Å². The van der Waals surface area contributed by atoms with Gasteiger partial charge in [0.05, 0.1) is 0 Å². The van der Waals surface area contributed by atoms with Gasteiger partial charge in [-0.1, -0.05) is 6.92 Å². The van der Waals surface area contributed by atoms with Gasteiger partial charge in [-0.15, -0.1) is 0 Å². The van der Waals surface area contributed by atoms with Crippen LogP contribution in [0.25, 0.3) is 0 Å². The summed E-state index contributed by atoms with van der Waals surface area (Å²) >= 11 is 0. The lowest BCUT2D eigenvalue weighted by molar-refractivity contribution is -0.146. The van der Waals surface area contributed by atoms with Gasteiger partial charge in [0.2, 0.25) is 0 Å². The van der Waals surface area contributed by atoms with E-state index in [0.717, 1.165) is 6.42 Å². The van der Waals surface area contributed by atoms with Gasteiger partial charge in [0, 0.05) is 44.9 Å². The number of hydrogen-bond donors (Lipinski definition) is 1. The maximum Gasteiger partial charge on any atom is 0.331 e. The van der Waals surface area contributed by atoms with E-state index in [-0.39, 0.29) is 55.9 Å². The maximum absolute atomic E-state index is 11.5. The third kappa shape index (κ3) is 10.8. The summed E-state index contributed by atoms with van der Waals surface area (Å²) < 4.78 is 0. The lowest BCUT2D eigenvalue weighted by atomic mass is 10.0. The SMILES string of the molecule is CCCC(=O)CCC(=O)CCC(=O)CCC(=O)CC(=O)ON. The molecule has 0 aliphatic rings. The first-order valence-corrected chi connectivity index (χ1v) is 7.35. The highest BCUT2D eigenvalue weighted by atomic mass is 16.7. The fraction of sp³-hybridized carbons (Fsp3) is 0.667. The molecule has 0 aromatic heterocycles. The molecule has 0 heterocycles. The summed E-state index contributed by atoms with van der Waals surface area (Å²) in [7, 11) is 0. The molecule has 0 aliphatic heterocycles. The number of Topliss-reactive ketones (excluding diaryl/α,β-unsaturated/α-hetero) is 4. The Labute approximate surface area is 129 Å². The second kappa shape index (κ2) is 11.7. The van der Waals surface area contributed by atoms with E-state index in [4.69, 9.17) is 0 Å². The molecule has 0 spiro atoms. The number of carbonyl (C=O) groups is 5. The minimum atomic E-state index is -0.843. The zero-order chi connectivity index (χ0) is 17.0. The zero-order valence-electron chi connectivity index (χ0n) is 12.9. The van der Waals surface area contributed by atoms with Gasteiger partial charge in [-0.2, -0.15) is 5.90 Å². The van der Waals surface area contributed by atoms with Gasteiger partial charge >= 0.3 is 5.97 Å². The lowest BCUT2D eigenvalue weighted by Gasteiger charge is -2.01. The number of carbonyl (C=O) groups excluding carboxylic acids is 5. The fourth-order valence-electron chi connectivity index (χ4n) is 1.78. The highest BCUT2D eigenvalue weighted by Gasteiger charge is 2.13. The molecule has 0 fully saturated rings. The van der Waals surface area contributed by atoms with Crippen LogP contribution in [0.4, 0.5) is 0 Å². The molecule has 0 aromatic rings. The molecule has 22 heavy (non-hydrogen) atoms. The molecule has 0 amide bonds. The molecular formula is C15H23NO6. The molecule has 0 rings (SSSR count). The third-order valence-electron chi connectivity index (χ3n) is 3.05. The van der Waals surface area contributed by atoms with Crippen molar-refractivity contribution in [1.29, 1.82) is 0 Å². The van der Waals surface area contributed by atoms with E-state index in [2.05, 4.69) is 10.7 Å². The minimum absolute atomic E-state index is 0.0151. The van der Waals surface area contributed by atoms with Crippen LogP contribution >= 0.6 is 0 Å². The van der Waals surface area contributed by atoms with E-state index in [1.165, 1.54) is 0 Å². The van der Waals surface area contributed by atoms with Crippen LogP contribution in [0.1, 0.15) is 64.7 Å². The molecule has 7 heteroatoms. The highest BCUT2D eigenvalue weighted by molar-refractivity contribution is 5.97. The zero-order valence-corrected chi connectivity index (χ0v) is 12.9. The molecule has 0 saturated heterocycles. The molecular weight excluding hydrogens is 290 g/mol. The van der Waals surface area contributed by atoms with Gasteiger partial charge in [-0.3, -0.25) is 19.2 Å². The summed E-state index contributed by atoms with van der Waals surface area (Å²) in [6, 6.07) is 0. The van der Waals surface area contributed by atoms with Crippen molar-refractivity contribution in [2.45, 2.75) is 64.7 Å². The van der Waals surface area contributed by atoms with Gasteiger partial charge in [0.25, 0.3) is 0 Å². The first kappa shape index (κ1) is 20.1. The summed E-state index contributed by atoms with van der Waals surface area (Å²) in [5, 5.41) is 0. The van der Waals surface area contributed by atoms with Crippen LogP contribution in [0.2, 0.25) is 0 Å². The number of rotatable bonds is 13. The summed E-state index contributed by atoms with van der Waals surface area (Å²) in [6.45, 7) is 1.90. The number of nitrogens with two attached hydrogens (primary N) is 1. The summed E-state index contributed by atoms with van der Waals surface area (Å²) in [5.41, 5.74) is 0. The Morgan fingerprint density at radius 3 is 1.41 bits per heavy atom. The van der Waals surface area contributed by atoms with E-state index >= 15 is 0 Å². The second-order valence-electron chi connectivity index (χ2n) is 5.07. The van der Waals surface area contributed by atoms with Crippen molar-refractivity contribution in [3.05, 3.63) is 0 Å². The van der Waals surface area contributed by atoms with Crippen LogP contribution in [0.5, 0.6) is 0 Å². The van der Waals surface area contributed by atoms with Crippen molar-refractivity contribution in [2.75, 3.05) is 0 Å². The van der Waals surface area contributed by atoms with Crippen molar-refractivity contribution in [2.24, 2.45) is 5.90 Å². The molecule has 0 aromatic carbocycles. The second-order valence-corrected chi connectivity index (χ2v) is 5.07. The fourth-order valence-corrected chi connectivity index (χ4v) is 1.78. The van der Waals surface area contributed by atoms with Crippen molar-refractivity contribution in [3.8, 4) is 0 Å². The highest BCUT2D eigenvalue weighted by Crippen LogP contribution is 2.06. The van der Waals surface area contributed by atoms with Crippen molar-refractivity contribution in [3.63, 3.8) is 0 Å². The molecule has 0 radical (unpaired) electrons. The van der Waals surface area contributed by atoms with Crippen LogP contribution in [0.3, 0.4) is 0 Å². The van der Waals surface area contributed by atoms with Gasteiger partial charge in [0.1, 0.15) is 29.6 Å². The molecule has 0 saturated carbocycles. The standard InChI is InChI=1S/C15H23NO6/c1-2-3-11(17)4-5-12(18)6-7-13(19)8-9-14(20)10-15(21)22-16/h2-10,16H2,1H3. The predicted octanol–water partition coefficient (Wildman–Crippen LogP) is 1.21. The van der Waals surface area contributed by atoms with E-state index in [1.807, 2.05) is 6.92 Å². The number of ketones is 4. The van der Waals surface area contributed by atoms with E-state index in [9.17, 15) is 24.0 Å². The Kier molecular flexibility index (Phi) is 10.7. The molecule has 2 N–H and O–H groups in total. The van der Waals surface area contributed by atoms with Gasteiger partial charge in [0.15, 0.2) is 0 Å². The lowest BCUT2D eigenvalue weighted by Crippen LogP contribution is -2.15. The quantitative estimate of drug-likeness (QED) is 0.400. The van der Waals surface area contributed by atoms with E-state index in [0.29, 0.717) is 6.42 Å². The van der Waals surface area contributed by atoms with Gasteiger partial charge in [-0.25, -0.2) is 4.79 Å². The third-order valence-corrected chi connectivity index (χ3v) is 3.05. The van der Waals surface area contributed by atoms with Gasteiger partial charge < -0.3 is 4.84 Å². The summed E-state index contributed by atoms with van der Waals surface area (Å²) in [5.74, 6) is 3.03.